The van der Waals surface area contributed by atoms with Crippen LogP contribution in [0.15, 0.2) is 48.5 Å². The third-order valence-corrected chi connectivity index (χ3v) is 3.97. The molecular formula is C18H19ClN2O3. The van der Waals surface area contributed by atoms with Crippen molar-refractivity contribution in [2.24, 2.45) is 5.73 Å². The molecule has 0 heterocycles. The van der Waals surface area contributed by atoms with Gasteiger partial charge in [-0.25, -0.2) is 4.79 Å². The Kier molecular flexibility index (Phi) is 6.35. The summed E-state index contributed by atoms with van der Waals surface area (Å²) in [6.45, 7) is 0.507. The van der Waals surface area contributed by atoms with Gasteiger partial charge in [0.15, 0.2) is 0 Å². The SMILES string of the molecule is COC(=O)C(NCCc1cccc(C(N)=O)c1)c1ccccc1Cl. The Morgan fingerprint density at radius 3 is 2.62 bits per heavy atom. The molecule has 0 bridgehead atoms. The fourth-order valence-electron chi connectivity index (χ4n) is 2.39. The lowest BCUT2D eigenvalue weighted by Gasteiger charge is -2.18. The number of halogens is 1. The van der Waals surface area contributed by atoms with Crippen LogP contribution in [0.25, 0.3) is 0 Å². The predicted molar refractivity (Wildman–Crippen MR) is 92.9 cm³/mol. The normalized spacial score (nSPS) is 11.8. The summed E-state index contributed by atoms with van der Waals surface area (Å²) in [7, 11) is 1.34. The van der Waals surface area contributed by atoms with E-state index in [-0.39, 0.29) is 0 Å². The molecule has 1 atom stereocenters. The molecule has 2 rings (SSSR count). The summed E-state index contributed by atoms with van der Waals surface area (Å²) in [4.78, 5) is 23.3. The van der Waals surface area contributed by atoms with Gasteiger partial charge in [0, 0.05) is 17.1 Å². The molecule has 0 radical (unpaired) electrons. The fraction of sp³-hybridized carbons (Fsp3) is 0.222. The average Bonchev–Trinajstić information content (AvgIpc) is 2.59. The van der Waals surface area contributed by atoms with Crippen molar-refractivity contribution in [2.45, 2.75) is 12.5 Å². The second kappa shape index (κ2) is 8.47. The van der Waals surface area contributed by atoms with Crippen LogP contribution in [0.3, 0.4) is 0 Å². The van der Waals surface area contributed by atoms with E-state index < -0.39 is 17.9 Å². The molecule has 0 spiro atoms. The second-order valence-corrected chi connectivity index (χ2v) is 5.65. The first-order chi connectivity index (χ1) is 11.5. The molecule has 0 aliphatic carbocycles. The fourth-order valence-corrected chi connectivity index (χ4v) is 2.63. The van der Waals surface area contributed by atoms with Gasteiger partial charge in [0.05, 0.1) is 7.11 Å². The number of amides is 1. The Bertz CT molecular complexity index is 734. The first kappa shape index (κ1) is 18.0. The first-order valence-corrected chi connectivity index (χ1v) is 7.85. The summed E-state index contributed by atoms with van der Waals surface area (Å²) in [6, 6.07) is 13.6. The van der Waals surface area contributed by atoms with Crippen molar-refractivity contribution < 1.29 is 14.3 Å². The second-order valence-electron chi connectivity index (χ2n) is 5.25. The van der Waals surface area contributed by atoms with E-state index in [9.17, 15) is 9.59 Å². The van der Waals surface area contributed by atoms with Crippen LogP contribution in [-0.2, 0) is 16.0 Å². The van der Waals surface area contributed by atoms with Crippen LogP contribution < -0.4 is 11.1 Å². The zero-order valence-corrected chi connectivity index (χ0v) is 14.0. The van der Waals surface area contributed by atoms with Crippen LogP contribution in [0.4, 0.5) is 0 Å². The standard InChI is InChI=1S/C18H19ClN2O3/c1-24-18(23)16(14-7-2-3-8-15(14)19)21-10-9-12-5-4-6-13(11-12)17(20)22/h2-8,11,16,21H,9-10H2,1H3,(H2,20,22). The summed E-state index contributed by atoms with van der Waals surface area (Å²) in [5.41, 5.74) is 7.35. The maximum Gasteiger partial charge on any atom is 0.327 e. The van der Waals surface area contributed by atoms with Crippen LogP contribution in [0.1, 0.15) is 27.5 Å². The molecular weight excluding hydrogens is 328 g/mol. The van der Waals surface area contributed by atoms with Crippen LogP contribution >= 0.6 is 11.6 Å². The van der Waals surface area contributed by atoms with Gasteiger partial charge in [0.1, 0.15) is 6.04 Å². The molecule has 0 fully saturated rings. The number of hydrogen-bond acceptors (Lipinski definition) is 4. The van der Waals surface area contributed by atoms with Gasteiger partial charge in [-0.2, -0.15) is 0 Å². The van der Waals surface area contributed by atoms with Gasteiger partial charge in [0.25, 0.3) is 0 Å². The van der Waals surface area contributed by atoms with E-state index in [1.54, 1.807) is 36.4 Å². The minimum atomic E-state index is -0.650. The van der Waals surface area contributed by atoms with Crippen molar-refractivity contribution in [2.75, 3.05) is 13.7 Å². The number of methoxy groups -OCH3 is 1. The predicted octanol–water partition coefficient (Wildman–Crippen LogP) is 2.49. The minimum absolute atomic E-state index is 0.408. The van der Waals surface area contributed by atoms with Crippen LogP contribution in [0.2, 0.25) is 5.02 Å². The zero-order chi connectivity index (χ0) is 17.5. The van der Waals surface area contributed by atoms with Crippen LogP contribution in [-0.4, -0.2) is 25.5 Å². The van der Waals surface area contributed by atoms with E-state index in [1.807, 2.05) is 12.1 Å². The maximum absolute atomic E-state index is 12.0. The van der Waals surface area contributed by atoms with Crippen LogP contribution in [0, 0.1) is 0 Å². The molecule has 126 valence electrons. The number of nitrogens with one attached hydrogen (secondary N) is 1. The molecule has 2 aromatic carbocycles. The monoisotopic (exact) mass is 346 g/mol. The van der Waals surface area contributed by atoms with Crippen molar-refractivity contribution in [1.82, 2.24) is 5.32 Å². The lowest BCUT2D eigenvalue weighted by atomic mass is 10.1. The summed E-state index contributed by atoms with van der Waals surface area (Å²) in [5.74, 6) is -0.873. The topological polar surface area (TPSA) is 81.4 Å². The quantitative estimate of drug-likeness (QED) is 0.755. The molecule has 24 heavy (non-hydrogen) atoms. The maximum atomic E-state index is 12.0. The number of nitrogens with two attached hydrogens (primary N) is 1. The number of hydrogen-bond donors (Lipinski definition) is 2. The number of rotatable bonds is 7. The molecule has 2 aromatic rings. The largest absolute Gasteiger partial charge is 0.468 e. The molecule has 0 aliphatic heterocycles. The number of carbonyl (C=O) groups excluding carboxylic acids is 2. The summed E-state index contributed by atoms with van der Waals surface area (Å²) >= 11 is 6.17. The highest BCUT2D eigenvalue weighted by molar-refractivity contribution is 6.31. The highest BCUT2D eigenvalue weighted by Gasteiger charge is 2.22. The lowest BCUT2D eigenvalue weighted by Crippen LogP contribution is -2.31. The smallest absolute Gasteiger partial charge is 0.327 e. The Morgan fingerprint density at radius 1 is 1.21 bits per heavy atom. The van der Waals surface area contributed by atoms with E-state index in [4.69, 9.17) is 22.1 Å². The molecule has 3 N–H and O–H groups in total. The van der Waals surface area contributed by atoms with E-state index in [0.717, 1.165) is 5.56 Å². The molecule has 5 nitrogen and oxygen atoms in total. The van der Waals surface area contributed by atoms with Crippen molar-refractivity contribution in [3.8, 4) is 0 Å². The first-order valence-electron chi connectivity index (χ1n) is 7.47. The minimum Gasteiger partial charge on any atom is -0.468 e. The average molecular weight is 347 g/mol. The molecule has 1 unspecified atom stereocenters. The third-order valence-electron chi connectivity index (χ3n) is 3.63. The number of ether oxygens (including phenoxy) is 1. The van der Waals surface area contributed by atoms with Crippen molar-refractivity contribution >= 4 is 23.5 Å². The van der Waals surface area contributed by atoms with Gasteiger partial charge in [-0.3, -0.25) is 4.79 Å². The van der Waals surface area contributed by atoms with Gasteiger partial charge in [-0.05, 0) is 35.7 Å². The number of primary amides is 1. The van der Waals surface area contributed by atoms with Gasteiger partial charge < -0.3 is 15.8 Å². The van der Waals surface area contributed by atoms with Gasteiger partial charge in [-0.1, -0.05) is 41.9 Å². The van der Waals surface area contributed by atoms with Crippen molar-refractivity contribution in [3.05, 3.63) is 70.2 Å². The van der Waals surface area contributed by atoms with Gasteiger partial charge in [-0.15, -0.1) is 0 Å². The Balaban J connectivity index is 2.06. The van der Waals surface area contributed by atoms with Gasteiger partial charge >= 0.3 is 5.97 Å². The van der Waals surface area contributed by atoms with E-state index >= 15 is 0 Å². The zero-order valence-electron chi connectivity index (χ0n) is 13.3. The number of esters is 1. The van der Waals surface area contributed by atoms with Gasteiger partial charge in [0.2, 0.25) is 5.91 Å². The van der Waals surface area contributed by atoms with E-state index in [1.165, 1.54) is 7.11 Å². The Morgan fingerprint density at radius 2 is 1.96 bits per heavy atom. The molecule has 0 saturated heterocycles. The molecule has 0 saturated carbocycles. The summed E-state index contributed by atoms with van der Waals surface area (Å²) in [6.07, 6.45) is 0.624. The Hall–Kier alpha value is -2.37. The number of benzene rings is 2. The highest BCUT2D eigenvalue weighted by atomic mass is 35.5. The molecule has 0 aliphatic rings. The van der Waals surface area contributed by atoms with Crippen molar-refractivity contribution in [3.63, 3.8) is 0 Å². The lowest BCUT2D eigenvalue weighted by molar-refractivity contribution is -0.143. The molecule has 6 heteroatoms. The summed E-state index contributed by atoms with van der Waals surface area (Å²) < 4.78 is 4.85. The van der Waals surface area contributed by atoms with Crippen LogP contribution in [0.5, 0.6) is 0 Å². The third kappa shape index (κ3) is 4.57. The highest BCUT2D eigenvalue weighted by Crippen LogP contribution is 2.23. The number of carbonyl (C=O) groups is 2. The molecule has 0 aromatic heterocycles. The Labute approximate surface area is 145 Å². The van der Waals surface area contributed by atoms with E-state index in [0.29, 0.717) is 29.1 Å². The molecule has 1 amide bonds. The summed E-state index contributed by atoms with van der Waals surface area (Å²) in [5, 5.41) is 3.65. The van der Waals surface area contributed by atoms with Crippen molar-refractivity contribution in [1.29, 1.82) is 0 Å². The van der Waals surface area contributed by atoms with E-state index in [2.05, 4.69) is 5.32 Å².